The summed E-state index contributed by atoms with van der Waals surface area (Å²) >= 11 is 0. The summed E-state index contributed by atoms with van der Waals surface area (Å²) in [5, 5.41) is 7.26. The highest BCUT2D eigenvalue weighted by Gasteiger charge is 2.21. The zero-order valence-corrected chi connectivity index (χ0v) is 18.4. The minimum atomic E-state index is -0.0232. The van der Waals surface area contributed by atoms with Gasteiger partial charge in [-0.3, -0.25) is 9.59 Å². The van der Waals surface area contributed by atoms with E-state index in [2.05, 4.69) is 17.4 Å². The van der Waals surface area contributed by atoms with Gasteiger partial charge in [-0.15, -0.1) is 0 Å². The molecule has 1 fully saturated rings. The maximum Gasteiger partial charge on any atom is 0.195 e. The topological polar surface area (TPSA) is 46.2 Å². The van der Waals surface area contributed by atoms with E-state index in [4.69, 9.17) is 0 Å². The van der Waals surface area contributed by atoms with Gasteiger partial charge in [0.2, 0.25) is 0 Å². The third-order valence-corrected chi connectivity index (χ3v) is 7.10. The van der Waals surface area contributed by atoms with Crippen molar-refractivity contribution in [2.75, 3.05) is 0 Å². The Hall–Kier alpha value is -3.72. The second kappa shape index (κ2) is 8.00. The lowest BCUT2D eigenvalue weighted by atomic mass is 9.87. The van der Waals surface area contributed by atoms with E-state index in [9.17, 15) is 9.59 Å². The first-order chi connectivity index (χ1) is 16.2. The largest absolute Gasteiger partial charge is 0.381 e. The van der Waals surface area contributed by atoms with Gasteiger partial charge in [0, 0.05) is 33.0 Å². The molecule has 3 heteroatoms. The minimum Gasteiger partial charge on any atom is -0.381 e. The fraction of sp³-hybridized carbons (Fsp3) is 0.200. The summed E-state index contributed by atoms with van der Waals surface area (Å²) in [6.45, 7) is 0. The van der Waals surface area contributed by atoms with Crippen LogP contribution in [-0.4, -0.2) is 6.04 Å². The highest BCUT2D eigenvalue weighted by Crippen LogP contribution is 2.34. The molecule has 6 rings (SSSR count). The van der Waals surface area contributed by atoms with Gasteiger partial charge in [0.1, 0.15) is 0 Å². The van der Waals surface area contributed by atoms with Crippen molar-refractivity contribution in [1.29, 1.82) is 0 Å². The average molecular weight is 432 g/mol. The molecule has 3 aromatic carbocycles. The Morgan fingerprint density at radius 1 is 0.667 bits per heavy atom. The molecular weight excluding hydrogens is 406 g/mol. The van der Waals surface area contributed by atoms with Crippen LogP contribution in [0.3, 0.4) is 0 Å². The van der Waals surface area contributed by atoms with E-state index >= 15 is 0 Å². The van der Waals surface area contributed by atoms with Gasteiger partial charge in [-0.05, 0) is 35.4 Å². The zero-order valence-electron chi connectivity index (χ0n) is 18.4. The van der Waals surface area contributed by atoms with E-state index in [1.807, 2.05) is 66.7 Å². The summed E-state index contributed by atoms with van der Waals surface area (Å²) in [6.07, 6.45) is 5.94. The number of nitrogens with one attached hydrogen (secondary N) is 1. The molecule has 0 spiro atoms. The molecule has 0 amide bonds. The summed E-state index contributed by atoms with van der Waals surface area (Å²) in [7, 11) is 0. The van der Waals surface area contributed by atoms with Gasteiger partial charge in [-0.1, -0.05) is 92.1 Å². The van der Waals surface area contributed by atoms with Crippen LogP contribution in [0.5, 0.6) is 0 Å². The first-order valence-corrected chi connectivity index (χ1v) is 11.8. The Kier molecular flexibility index (Phi) is 4.83. The van der Waals surface area contributed by atoms with Crippen LogP contribution in [0.4, 0.5) is 0 Å². The van der Waals surface area contributed by atoms with Crippen LogP contribution in [0.25, 0.3) is 38.4 Å². The van der Waals surface area contributed by atoms with E-state index in [0.717, 1.165) is 40.6 Å². The van der Waals surface area contributed by atoms with Crippen molar-refractivity contribution < 1.29 is 0 Å². The van der Waals surface area contributed by atoms with Gasteiger partial charge in [0.05, 0.1) is 5.70 Å². The third-order valence-electron chi connectivity index (χ3n) is 7.10. The van der Waals surface area contributed by atoms with Gasteiger partial charge in [0.15, 0.2) is 10.9 Å². The number of hydrogen-bond acceptors (Lipinski definition) is 3. The number of benzene rings is 5. The van der Waals surface area contributed by atoms with Crippen LogP contribution in [0.2, 0.25) is 0 Å². The Morgan fingerprint density at radius 3 is 2.06 bits per heavy atom. The minimum absolute atomic E-state index is 0.0107. The molecule has 0 heterocycles. The highest BCUT2D eigenvalue weighted by atomic mass is 16.1. The lowest BCUT2D eigenvalue weighted by Crippen LogP contribution is -2.38. The normalized spacial score (nSPS) is 15.9. The van der Waals surface area contributed by atoms with Crippen LogP contribution in [-0.2, 0) is 0 Å². The van der Waals surface area contributed by atoms with Crippen LogP contribution in [0, 0.1) is 0 Å². The van der Waals surface area contributed by atoms with Crippen molar-refractivity contribution in [2.45, 2.75) is 38.1 Å². The van der Waals surface area contributed by atoms with Gasteiger partial charge < -0.3 is 5.32 Å². The molecule has 0 unspecified atom stereocenters. The lowest BCUT2D eigenvalue weighted by molar-refractivity contribution is 0.408. The maximum atomic E-state index is 13.9. The molecule has 3 aliphatic carbocycles. The molecule has 162 valence electrons. The summed E-state index contributed by atoms with van der Waals surface area (Å²) in [4.78, 5) is 27.1. The summed E-state index contributed by atoms with van der Waals surface area (Å²) in [5.74, 6) is 0. The molecule has 1 N–H and O–H groups in total. The Balaban J connectivity index is 1.76. The van der Waals surface area contributed by atoms with Crippen LogP contribution in [0.15, 0.2) is 88.5 Å². The molecule has 0 aliphatic heterocycles. The van der Waals surface area contributed by atoms with Crippen LogP contribution < -0.4 is 21.4 Å². The molecule has 0 radical (unpaired) electrons. The number of rotatable bonds is 3. The van der Waals surface area contributed by atoms with Crippen molar-refractivity contribution >= 4 is 27.2 Å². The molecule has 0 aromatic heterocycles. The molecule has 0 bridgehead atoms. The second-order valence-corrected chi connectivity index (χ2v) is 9.12. The molecule has 3 aliphatic rings. The van der Waals surface area contributed by atoms with E-state index in [1.165, 1.54) is 19.3 Å². The van der Waals surface area contributed by atoms with Gasteiger partial charge in [0.25, 0.3) is 0 Å². The quantitative estimate of drug-likeness (QED) is 0.321. The molecule has 3 nitrogen and oxygen atoms in total. The fourth-order valence-corrected chi connectivity index (χ4v) is 5.48. The van der Waals surface area contributed by atoms with Gasteiger partial charge in [-0.25, -0.2) is 0 Å². The van der Waals surface area contributed by atoms with Crippen LogP contribution >= 0.6 is 0 Å². The monoisotopic (exact) mass is 431 g/mol. The summed E-state index contributed by atoms with van der Waals surface area (Å²) < 4.78 is 0. The zero-order chi connectivity index (χ0) is 22.4. The van der Waals surface area contributed by atoms with E-state index in [0.29, 0.717) is 27.4 Å². The fourth-order valence-electron chi connectivity index (χ4n) is 5.48. The van der Waals surface area contributed by atoms with E-state index < -0.39 is 0 Å². The number of hydrogen-bond donors (Lipinski definition) is 1. The van der Waals surface area contributed by atoms with Gasteiger partial charge in [-0.2, -0.15) is 0 Å². The van der Waals surface area contributed by atoms with E-state index in [-0.39, 0.29) is 10.9 Å². The summed E-state index contributed by atoms with van der Waals surface area (Å²) in [6, 6.07) is 25.8. The number of fused-ring (bicyclic) bond motifs is 2. The lowest BCUT2D eigenvalue weighted by Gasteiger charge is -2.26. The standard InChI is InChI=1S/C30H25NO2/c32-29-22-15-8-7-14-21(22)25-18-26(30(33)24-17-9-16-23(29)27(24)25)28(19-10-3-1-4-11-19)31-20-12-5-2-6-13-20/h1,3-4,7-11,14-18,20,31H,2,5-6,12-13H2/b28-26+. The molecule has 0 saturated heterocycles. The van der Waals surface area contributed by atoms with Crippen molar-refractivity contribution in [3.63, 3.8) is 0 Å². The van der Waals surface area contributed by atoms with Gasteiger partial charge >= 0.3 is 0 Å². The van der Waals surface area contributed by atoms with Crippen molar-refractivity contribution in [2.24, 2.45) is 0 Å². The molecule has 1 saturated carbocycles. The van der Waals surface area contributed by atoms with Crippen molar-refractivity contribution in [3.8, 4) is 11.1 Å². The first kappa shape index (κ1) is 19.9. The second-order valence-electron chi connectivity index (χ2n) is 9.12. The first-order valence-electron chi connectivity index (χ1n) is 11.8. The molecule has 0 atom stereocenters. The predicted molar refractivity (Wildman–Crippen MR) is 136 cm³/mol. The van der Waals surface area contributed by atoms with E-state index in [1.54, 1.807) is 0 Å². The Labute approximate surface area is 192 Å². The van der Waals surface area contributed by atoms with Crippen molar-refractivity contribution in [3.05, 3.63) is 110 Å². The third kappa shape index (κ3) is 3.27. The SMILES string of the molecule is O=c1/c(=C(/NC2CCCCC2)c2ccccc2)cc2c3ccccc3c(=O)c3cccc1c3-2. The Bertz CT molecular complexity index is 1600. The summed E-state index contributed by atoms with van der Waals surface area (Å²) in [5.41, 5.74) is 3.62. The molecule has 33 heavy (non-hydrogen) atoms. The smallest absolute Gasteiger partial charge is 0.195 e. The maximum absolute atomic E-state index is 13.9. The average Bonchev–Trinajstić information content (AvgIpc) is 2.88. The van der Waals surface area contributed by atoms with Crippen LogP contribution in [0.1, 0.15) is 37.7 Å². The highest BCUT2D eigenvalue weighted by molar-refractivity contribution is 6.11. The van der Waals surface area contributed by atoms with Crippen molar-refractivity contribution in [1.82, 2.24) is 5.32 Å². The predicted octanol–water partition coefficient (Wildman–Crippen LogP) is 5.05. The molecule has 3 aromatic rings. The molecular formula is C30H25NO2. The Morgan fingerprint density at radius 2 is 1.30 bits per heavy atom.